The van der Waals surface area contributed by atoms with E-state index >= 15 is 0 Å². The van der Waals surface area contributed by atoms with E-state index in [1.807, 2.05) is 6.92 Å². The Balaban J connectivity index is 2.79. The summed E-state index contributed by atoms with van der Waals surface area (Å²) in [7, 11) is 0. The molecule has 3 atom stereocenters. The molecule has 0 aromatic carbocycles. The largest absolute Gasteiger partial charge is 0.481 e. The Labute approximate surface area is 132 Å². The number of ether oxygens (including phenoxy) is 1. The topological polar surface area (TPSA) is 95.9 Å². The van der Waals surface area contributed by atoms with Crippen molar-refractivity contribution in [1.29, 1.82) is 0 Å². The second-order valence-corrected chi connectivity index (χ2v) is 7.22. The molecule has 128 valence electrons. The number of hydrogen-bond donors (Lipinski definition) is 3. The van der Waals surface area contributed by atoms with Crippen LogP contribution in [0.3, 0.4) is 0 Å². The van der Waals surface area contributed by atoms with Gasteiger partial charge in [-0.2, -0.15) is 0 Å². The Bertz CT molecular complexity index is 404. The zero-order valence-corrected chi connectivity index (χ0v) is 14.0. The fourth-order valence-corrected chi connectivity index (χ4v) is 3.03. The van der Waals surface area contributed by atoms with E-state index in [0.717, 1.165) is 6.42 Å². The second kappa shape index (κ2) is 7.31. The predicted molar refractivity (Wildman–Crippen MR) is 82.6 cm³/mol. The van der Waals surface area contributed by atoms with E-state index in [9.17, 15) is 19.8 Å². The van der Waals surface area contributed by atoms with Crippen LogP contribution < -0.4 is 5.32 Å². The number of carbonyl (C=O) groups excluding carboxylic acids is 1. The number of rotatable bonds is 5. The number of alkyl carbamates (subject to hydrolysis) is 1. The first-order valence-electron chi connectivity index (χ1n) is 8.02. The molecule has 6 heteroatoms. The maximum Gasteiger partial charge on any atom is 0.407 e. The highest BCUT2D eigenvalue weighted by Gasteiger charge is 2.43. The summed E-state index contributed by atoms with van der Waals surface area (Å²) in [4.78, 5) is 23.2. The van der Waals surface area contributed by atoms with Gasteiger partial charge in [-0.3, -0.25) is 4.79 Å². The van der Waals surface area contributed by atoms with Crippen molar-refractivity contribution in [3.05, 3.63) is 0 Å². The molecular weight excluding hydrogens is 286 g/mol. The fraction of sp³-hybridized carbons (Fsp3) is 0.875. The molecule has 0 aromatic heterocycles. The molecule has 3 N–H and O–H groups in total. The highest BCUT2D eigenvalue weighted by atomic mass is 16.6. The number of carboxylic acid groups (broad SMARTS) is 1. The summed E-state index contributed by atoms with van der Waals surface area (Å²) in [5.74, 6) is -1.44. The maximum absolute atomic E-state index is 12.0. The molecule has 0 radical (unpaired) electrons. The van der Waals surface area contributed by atoms with Crippen LogP contribution in [0.25, 0.3) is 0 Å². The van der Waals surface area contributed by atoms with Gasteiger partial charge >= 0.3 is 12.1 Å². The van der Waals surface area contributed by atoms with Crippen LogP contribution in [0.4, 0.5) is 4.79 Å². The first-order chi connectivity index (χ1) is 10.1. The molecule has 0 saturated heterocycles. The van der Waals surface area contributed by atoms with Gasteiger partial charge in [0.1, 0.15) is 5.60 Å². The molecule has 1 aliphatic carbocycles. The zero-order chi connectivity index (χ0) is 17.0. The molecular formula is C16H29NO5. The van der Waals surface area contributed by atoms with Crippen molar-refractivity contribution in [1.82, 2.24) is 5.32 Å². The van der Waals surface area contributed by atoms with E-state index in [1.54, 1.807) is 20.8 Å². The van der Waals surface area contributed by atoms with Crippen molar-refractivity contribution in [3.8, 4) is 0 Å². The quantitative estimate of drug-likeness (QED) is 0.725. The zero-order valence-electron chi connectivity index (χ0n) is 14.0. The molecule has 1 fully saturated rings. The van der Waals surface area contributed by atoms with Gasteiger partial charge in [-0.05, 0) is 52.9 Å². The summed E-state index contributed by atoms with van der Waals surface area (Å²) in [5.41, 5.74) is -1.80. The van der Waals surface area contributed by atoms with E-state index in [1.165, 1.54) is 0 Å². The third-order valence-electron chi connectivity index (χ3n) is 4.03. The van der Waals surface area contributed by atoms with Crippen molar-refractivity contribution >= 4 is 12.1 Å². The van der Waals surface area contributed by atoms with E-state index < -0.39 is 35.2 Å². The number of aliphatic carboxylic acids is 1. The lowest BCUT2D eigenvalue weighted by Gasteiger charge is -2.41. The molecule has 1 saturated carbocycles. The molecule has 1 amide bonds. The van der Waals surface area contributed by atoms with Crippen LogP contribution >= 0.6 is 0 Å². The van der Waals surface area contributed by atoms with Gasteiger partial charge in [-0.1, -0.05) is 13.3 Å². The van der Waals surface area contributed by atoms with Gasteiger partial charge in [-0.15, -0.1) is 0 Å². The van der Waals surface area contributed by atoms with Crippen molar-refractivity contribution in [3.63, 3.8) is 0 Å². The fourth-order valence-electron chi connectivity index (χ4n) is 3.03. The number of hydrogen-bond acceptors (Lipinski definition) is 4. The van der Waals surface area contributed by atoms with Gasteiger partial charge in [0.2, 0.25) is 0 Å². The average Bonchev–Trinajstić information content (AvgIpc) is 2.36. The molecule has 0 unspecified atom stereocenters. The highest BCUT2D eigenvalue weighted by molar-refractivity contribution is 5.70. The molecule has 6 nitrogen and oxygen atoms in total. The van der Waals surface area contributed by atoms with Crippen LogP contribution in [0, 0.1) is 5.92 Å². The monoisotopic (exact) mass is 315 g/mol. The van der Waals surface area contributed by atoms with Crippen LogP contribution in [0.2, 0.25) is 0 Å². The van der Waals surface area contributed by atoms with Crippen molar-refractivity contribution in [2.24, 2.45) is 5.92 Å². The Morgan fingerprint density at radius 3 is 2.55 bits per heavy atom. The van der Waals surface area contributed by atoms with Gasteiger partial charge in [0.15, 0.2) is 0 Å². The minimum Gasteiger partial charge on any atom is -0.481 e. The van der Waals surface area contributed by atoms with E-state index in [-0.39, 0.29) is 6.42 Å². The van der Waals surface area contributed by atoms with E-state index in [4.69, 9.17) is 4.74 Å². The average molecular weight is 315 g/mol. The summed E-state index contributed by atoms with van der Waals surface area (Å²) >= 11 is 0. The molecule has 0 bridgehead atoms. The Hall–Kier alpha value is -1.30. The number of carboxylic acids is 1. The lowest BCUT2D eigenvalue weighted by Crippen LogP contribution is -2.56. The smallest absolute Gasteiger partial charge is 0.407 e. The number of aliphatic hydroxyl groups is 1. The number of amides is 1. The standard InChI is InChI=1S/C16H29NO5/c1-5-7-12(17-14(20)22-15(2,3)4)16(21)9-6-8-11(10-16)13(18)19/h11-12,21H,5-10H2,1-4H3,(H,17,20)(H,18,19)/t11-,12-,16-/m1/s1. The third kappa shape index (κ3) is 5.48. The van der Waals surface area contributed by atoms with Gasteiger partial charge in [-0.25, -0.2) is 4.79 Å². The van der Waals surface area contributed by atoms with Gasteiger partial charge in [0.25, 0.3) is 0 Å². The first kappa shape index (κ1) is 18.7. The Kier molecular flexibility index (Phi) is 6.23. The highest BCUT2D eigenvalue weighted by Crippen LogP contribution is 2.36. The summed E-state index contributed by atoms with van der Waals surface area (Å²) in [6.45, 7) is 7.29. The molecule has 1 aliphatic rings. The summed E-state index contributed by atoms with van der Waals surface area (Å²) in [6.07, 6.45) is 2.67. The Morgan fingerprint density at radius 1 is 1.41 bits per heavy atom. The molecule has 22 heavy (non-hydrogen) atoms. The first-order valence-corrected chi connectivity index (χ1v) is 8.02. The normalized spacial score (nSPS) is 27.0. The predicted octanol–water partition coefficient (Wildman–Crippen LogP) is 2.69. The summed E-state index contributed by atoms with van der Waals surface area (Å²) < 4.78 is 5.25. The number of carbonyl (C=O) groups is 2. The minimum atomic E-state index is -1.19. The SMILES string of the molecule is CCC[C@@H](NC(=O)OC(C)(C)C)[C@@]1(O)CCC[C@@H](C(=O)O)C1. The van der Waals surface area contributed by atoms with Crippen LogP contribution in [0.15, 0.2) is 0 Å². The summed E-state index contributed by atoms with van der Waals surface area (Å²) in [5, 5.41) is 22.8. The lowest BCUT2D eigenvalue weighted by molar-refractivity contribution is -0.148. The second-order valence-electron chi connectivity index (χ2n) is 7.22. The van der Waals surface area contributed by atoms with Crippen LogP contribution in [-0.4, -0.2) is 39.5 Å². The van der Waals surface area contributed by atoms with E-state index in [2.05, 4.69) is 5.32 Å². The Morgan fingerprint density at radius 2 is 2.05 bits per heavy atom. The van der Waals surface area contributed by atoms with Crippen LogP contribution in [-0.2, 0) is 9.53 Å². The molecule has 0 aromatic rings. The van der Waals surface area contributed by atoms with Crippen molar-refractivity contribution in [2.45, 2.75) is 83.5 Å². The van der Waals surface area contributed by atoms with Gasteiger partial charge < -0.3 is 20.3 Å². The number of nitrogens with one attached hydrogen (secondary N) is 1. The molecule has 0 heterocycles. The van der Waals surface area contributed by atoms with Crippen LogP contribution in [0.1, 0.15) is 66.2 Å². The van der Waals surface area contributed by atoms with Crippen molar-refractivity contribution < 1.29 is 24.5 Å². The van der Waals surface area contributed by atoms with Crippen LogP contribution in [0.5, 0.6) is 0 Å². The van der Waals surface area contributed by atoms with Crippen molar-refractivity contribution in [2.75, 3.05) is 0 Å². The van der Waals surface area contributed by atoms with Gasteiger partial charge in [0.05, 0.1) is 17.6 Å². The molecule has 0 spiro atoms. The lowest BCUT2D eigenvalue weighted by atomic mass is 9.73. The minimum absolute atomic E-state index is 0.169. The molecule has 1 rings (SSSR count). The summed E-state index contributed by atoms with van der Waals surface area (Å²) in [6, 6.07) is -0.491. The molecule has 0 aliphatic heterocycles. The van der Waals surface area contributed by atoms with E-state index in [0.29, 0.717) is 25.7 Å². The third-order valence-corrected chi connectivity index (χ3v) is 4.03. The van der Waals surface area contributed by atoms with Gasteiger partial charge in [0, 0.05) is 0 Å². The maximum atomic E-state index is 12.0.